The normalized spacial score (nSPS) is 15.3. The summed E-state index contributed by atoms with van der Waals surface area (Å²) in [5.74, 6) is 0.729. The summed E-state index contributed by atoms with van der Waals surface area (Å²) in [7, 11) is 0. The minimum Gasteiger partial charge on any atom is -0.478 e. The fourth-order valence-corrected chi connectivity index (χ4v) is 1.40. The Morgan fingerprint density at radius 3 is 3.00 bits per heavy atom. The molecule has 1 aliphatic rings. The van der Waals surface area contributed by atoms with E-state index in [9.17, 15) is 0 Å². The second-order valence-electron chi connectivity index (χ2n) is 3.13. The van der Waals surface area contributed by atoms with Crippen molar-refractivity contribution in [2.24, 2.45) is 0 Å². The zero-order valence-corrected chi connectivity index (χ0v) is 7.86. The van der Waals surface area contributed by atoms with E-state index in [1.165, 1.54) is 12.1 Å². The van der Waals surface area contributed by atoms with Gasteiger partial charge in [-0.15, -0.1) is 0 Å². The Bertz CT molecular complexity index is 284. The lowest BCUT2D eigenvalue weighted by Crippen LogP contribution is -2.36. The smallest absolute Gasteiger partial charge is 0.215 e. The Balaban J connectivity index is 2.11. The van der Waals surface area contributed by atoms with Gasteiger partial charge in [-0.1, -0.05) is 0 Å². The highest BCUT2D eigenvalue weighted by atomic mass is 16.5. The SMILES string of the molecule is CCOc1cc(N2CCC2)ccn1. The van der Waals surface area contributed by atoms with Crippen LogP contribution in [-0.2, 0) is 0 Å². The van der Waals surface area contributed by atoms with Gasteiger partial charge in [0.1, 0.15) is 0 Å². The molecule has 0 atom stereocenters. The zero-order chi connectivity index (χ0) is 9.10. The molecule has 1 fully saturated rings. The number of aromatic nitrogens is 1. The van der Waals surface area contributed by atoms with Crippen LogP contribution in [0.3, 0.4) is 0 Å². The number of pyridine rings is 1. The van der Waals surface area contributed by atoms with E-state index in [2.05, 4.69) is 9.88 Å². The van der Waals surface area contributed by atoms with Crippen molar-refractivity contribution in [3.63, 3.8) is 0 Å². The highest BCUT2D eigenvalue weighted by molar-refractivity contribution is 5.49. The molecule has 0 N–H and O–H groups in total. The summed E-state index contributed by atoms with van der Waals surface area (Å²) < 4.78 is 5.33. The van der Waals surface area contributed by atoms with Crippen molar-refractivity contribution in [3.05, 3.63) is 18.3 Å². The number of anilines is 1. The van der Waals surface area contributed by atoms with Crippen LogP contribution < -0.4 is 9.64 Å². The van der Waals surface area contributed by atoms with Gasteiger partial charge in [-0.05, 0) is 19.4 Å². The van der Waals surface area contributed by atoms with Crippen molar-refractivity contribution in [3.8, 4) is 5.88 Å². The minimum absolute atomic E-state index is 0.677. The molecule has 0 spiro atoms. The molecule has 13 heavy (non-hydrogen) atoms. The molecule has 3 nitrogen and oxygen atoms in total. The molecule has 1 aromatic rings. The van der Waals surface area contributed by atoms with E-state index in [4.69, 9.17) is 4.74 Å². The third-order valence-corrected chi connectivity index (χ3v) is 2.23. The molecule has 0 bridgehead atoms. The molecule has 1 aromatic heterocycles. The molecule has 2 heterocycles. The summed E-state index contributed by atoms with van der Waals surface area (Å²) in [6.07, 6.45) is 3.10. The maximum atomic E-state index is 5.33. The third-order valence-electron chi connectivity index (χ3n) is 2.23. The van der Waals surface area contributed by atoms with Gasteiger partial charge in [0.25, 0.3) is 0 Å². The average Bonchev–Trinajstić information content (AvgIpc) is 2.02. The first-order valence-corrected chi connectivity index (χ1v) is 4.74. The van der Waals surface area contributed by atoms with Crippen molar-refractivity contribution >= 4 is 5.69 Å². The Hall–Kier alpha value is -1.25. The number of nitrogens with zero attached hydrogens (tertiary/aromatic N) is 2. The first-order chi connectivity index (χ1) is 6.40. The summed E-state index contributed by atoms with van der Waals surface area (Å²) in [6, 6.07) is 4.03. The molecule has 0 aromatic carbocycles. The highest BCUT2D eigenvalue weighted by Crippen LogP contribution is 2.22. The predicted molar refractivity (Wildman–Crippen MR) is 52.2 cm³/mol. The van der Waals surface area contributed by atoms with Crippen molar-refractivity contribution < 1.29 is 4.74 Å². The quantitative estimate of drug-likeness (QED) is 0.704. The first kappa shape index (κ1) is 8.35. The van der Waals surface area contributed by atoms with Gasteiger partial charge in [0, 0.05) is 31.0 Å². The zero-order valence-electron chi connectivity index (χ0n) is 7.86. The molecule has 1 aliphatic heterocycles. The lowest BCUT2D eigenvalue weighted by atomic mass is 10.2. The molecule has 0 aliphatic carbocycles. The maximum absolute atomic E-state index is 5.33. The fraction of sp³-hybridized carbons (Fsp3) is 0.500. The van der Waals surface area contributed by atoms with E-state index in [0.29, 0.717) is 6.61 Å². The Labute approximate surface area is 78.3 Å². The van der Waals surface area contributed by atoms with Crippen LogP contribution in [0.15, 0.2) is 18.3 Å². The van der Waals surface area contributed by atoms with Gasteiger partial charge < -0.3 is 9.64 Å². The predicted octanol–water partition coefficient (Wildman–Crippen LogP) is 1.69. The molecular formula is C10H14N2O. The van der Waals surface area contributed by atoms with E-state index >= 15 is 0 Å². The summed E-state index contributed by atoms with van der Waals surface area (Å²) in [6.45, 7) is 4.97. The Morgan fingerprint density at radius 2 is 2.38 bits per heavy atom. The van der Waals surface area contributed by atoms with Gasteiger partial charge in [-0.3, -0.25) is 0 Å². The van der Waals surface area contributed by atoms with Gasteiger partial charge in [0.2, 0.25) is 5.88 Å². The van der Waals surface area contributed by atoms with Gasteiger partial charge in [0.15, 0.2) is 0 Å². The van der Waals surface area contributed by atoms with E-state index in [1.807, 2.05) is 19.1 Å². The summed E-state index contributed by atoms with van der Waals surface area (Å²) in [5, 5.41) is 0. The second-order valence-corrected chi connectivity index (χ2v) is 3.13. The minimum atomic E-state index is 0.677. The largest absolute Gasteiger partial charge is 0.478 e. The molecule has 0 amide bonds. The molecule has 3 heteroatoms. The monoisotopic (exact) mass is 178 g/mol. The Kier molecular flexibility index (Phi) is 2.34. The van der Waals surface area contributed by atoms with Crippen LogP contribution in [0.5, 0.6) is 5.88 Å². The lowest BCUT2D eigenvalue weighted by molar-refractivity contribution is 0.327. The lowest BCUT2D eigenvalue weighted by Gasteiger charge is -2.33. The molecular weight excluding hydrogens is 164 g/mol. The fourth-order valence-electron chi connectivity index (χ4n) is 1.40. The van der Waals surface area contributed by atoms with Crippen molar-refractivity contribution in [2.45, 2.75) is 13.3 Å². The van der Waals surface area contributed by atoms with Crippen LogP contribution in [0.25, 0.3) is 0 Å². The highest BCUT2D eigenvalue weighted by Gasteiger charge is 2.14. The third kappa shape index (κ3) is 1.74. The number of hydrogen-bond donors (Lipinski definition) is 0. The van der Waals surface area contributed by atoms with Crippen LogP contribution in [0.1, 0.15) is 13.3 Å². The molecule has 0 radical (unpaired) electrons. The molecule has 70 valence electrons. The van der Waals surface area contributed by atoms with Gasteiger partial charge in [-0.2, -0.15) is 0 Å². The summed E-state index contributed by atoms with van der Waals surface area (Å²) in [4.78, 5) is 6.44. The van der Waals surface area contributed by atoms with Crippen LogP contribution in [-0.4, -0.2) is 24.7 Å². The van der Waals surface area contributed by atoms with Gasteiger partial charge in [-0.25, -0.2) is 4.98 Å². The molecule has 2 rings (SSSR count). The Morgan fingerprint density at radius 1 is 1.54 bits per heavy atom. The topological polar surface area (TPSA) is 25.4 Å². The van der Waals surface area contributed by atoms with Crippen molar-refractivity contribution in [1.82, 2.24) is 4.98 Å². The van der Waals surface area contributed by atoms with E-state index in [0.717, 1.165) is 19.0 Å². The molecule has 0 saturated carbocycles. The van der Waals surface area contributed by atoms with Gasteiger partial charge >= 0.3 is 0 Å². The van der Waals surface area contributed by atoms with Crippen molar-refractivity contribution in [1.29, 1.82) is 0 Å². The standard InChI is InChI=1S/C10H14N2O/c1-2-13-10-8-9(4-5-11-10)12-6-3-7-12/h4-5,8H,2-3,6-7H2,1H3. The number of rotatable bonds is 3. The van der Waals surface area contributed by atoms with E-state index in [-0.39, 0.29) is 0 Å². The summed E-state index contributed by atoms with van der Waals surface area (Å²) in [5.41, 5.74) is 1.23. The summed E-state index contributed by atoms with van der Waals surface area (Å²) >= 11 is 0. The van der Waals surface area contributed by atoms with Crippen LogP contribution in [0, 0.1) is 0 Å². The average molecular weight is 178 g/mol. The number of ether oxygens (including phenoxy) is 1. The molecule has 1 saturated heterocycles. The van der Waals surface area contributed by atoms with Crippen molar-refractivity contribution in [2.75, 3.05) is 24.6 Å². The maximum Gasteiger partial charge on any atom is 0.215 e. The van der Waals surface area contributed by atoms with Crippen LogP contribution in [0.4, 0.5) is 5.69 Å². The second kappa shape index (κ2) is 3.64. The first-order valence-electron chi connectivity index (χ1n) is 4.74. The van der Waals surface area contributed by atoms with Crippen LogP contribution >= 0.6 is 0 Å². The molecule has 0 unspecified atom stereocenters. The van der Waals surface area contributed by atoms with E-state index < -0.39 is 0 Å². The number of hydrogen-bond acceptors (Lipinski definition) is 3. The van der Waals surface area contributed by atoms with Gasteiger partial charge in [0.05, 0.1) is 6.61 Å². The van der Waals surface area contributed by atoms with E-state index in [1.54, 1.807) is 6.20 Å². The van der Waals surface area contributed by atoms with Crippen LogP contribution in [0.2, 0.25) is 0 Å².